The zero-order valence-electron chi connectivity index (χ0n) is 11.4. The van der Waals surface area contributed by atoms with Crippen molar-refractivity contribution in [3.05, 3.63) is 29.8 Å². The lowest BCUT2D eigenvalue weighted by Crippen LogP contribution is -2.10. The van der Waals surface area contributed by atoms with E-state index >= 15 is 0 Å². The third kappa shape index (κ3) is 4.40. The van der Waals surface area contributed by atoms with Crippen LogP contribution in [-0.4, -0.2) is 19.2 Å². The van der Waals surface area contributed by atoms with Gasteiger partial charge in [-0.2, -0.15) is 0 Å². The van der Waals surface area contributed by atoms with Crippen molar-refractivity contribution >= 4 is 5.97 Å². The van der Waals surface area contributed by atoms with Crippen LogP contribution in [0.4, 0.5) is 0 Å². The van der Waals surface area contributed by atoms with Crippen LogP contribution in [0.15, 0.2) is 24.3 Å². The minimum absolute atomic E-state index is 0.210. The molecule has 1 atom stereocenters. The van der Waals surface area contributed by atoms with E-state index in [-0.39, 0.29) is 5.97 Å². The van der Waals surface area contributed by atoms with Crippen molar-refractivity contribution in [2.45, 2.75) is 39.5 Å². The number of carbonyl (C=O) groups is 1. The molecule has 3 heteroatoms. The topological polar surface area (TPSA) is 35.5 Å². The number of para-hydroxylation sites is 1. The number of ether oxygens (including phenoxy) is 2. The summed E-state index contributed by atoms with van der Waals surface area (Å²) in [6.45, 7) is 6.92. The highest BCUT2D eigenvalue weighted by Crippen LogP contribution is 2.28. The molecule has 100 valence electrons. The number of benzene rings is 1. The lowest BCUT2D eigenvalue weighted by Gasteiger charge is -2.15. The first-order valence-corrected chi connectivity index (χ1v) is 6.56. The van der Waals surface area contributed by atoms with E-state index in [2.05, 4.69) is 19.9 Å². The Labute approximate surface area is 109 Å². The van der Waals surface area contributed by atoms with Crippen molar-refractivity contribution in [3.8, 4) is 5.75 Å². The molecule has 0 N–H and O–H groups in total. The van der Waals surface area contributed by atoms with Crippen molar-refractivity contribution in [1.82, 2.24) is 0 Å². The van der Waals surface area contributed by atoms with Crippen LogP contribution < -0.4 is 4.74 Å². The lowest BCUT2D eigenvalue weighted by molar-refractivity contribution is -0.143. The first kappa shape index (κ1) is 14.6. The Morgan fingerprint density at radius 3 is 2.67 bits per heavy atom. The molecule has 0 saturated heterocycles. The number of carbonyl (C=O) groups excluding carboxylic acids is 1. The first-order valence-electron chi connectivity index (χ1n) is 6.56. The third-order valence-electron chi connectivity index (χ3n) is 2.93. The fraction of sp³-hybridized carbons (Fsp3) is 0.533. The molecule has 1 aromatic carbocycles. The van der Waals surface area contributed by atoms with E-state index < -0.39 is 0 Å². The number of hydrogen-bond donors (Lipinski definition) is 0. The Morgan fingerprint density at radius 2 is 2.00 bits per heavy atom. The predicted octanol–water partition coefficient (Wildman–Crippen LogP) is 3.53. The molecule has 0 aromatic heterocycles. The lowest BCUT2D eigenvalue weighted by atomic mass is 9.98. The maximum atomic E-state index is 11.2. The Bertz CT molecular complexity index is 374. The molecule has 1 unspecified atom stereocenters. The molecule has 0 radical (unpaired) electrons. The van der Waals surface area contributed by atoms with E-state index in [1.54, 1.807) is 6.92 Å². The van der Waals surface area contributed by atoms with Crippen LogP contribution in [0.5, 0.6) is 5.75 Å². The van der Waals surface area contributed by atoms with Crippen LogP contribution in [0.1, 0.15) is 45.1 Å². The van der Waals surface area contributed by atoms with Crippen LogP contribution in [0.3, 0.4) is 0 Å². The predicted molar refractivity (Wildman–Crippen MR) is 71.9 cm³/mol. The fourth-order valence-electron chi connectivity index (χ4n) is 1.72. The van der Waals surface area contributed by atoms with E-state index in [0.717, 1.165) is 12.2 Å². The molecule has 1 aromatic rings. The quantitative estimate of drug-likeness (QED) is 0.694. The third-order valence-corrected chi connectivity index (χ3v) is 2.93. The van der Waals surface area contributed by atoms with E-state index in [1.165, 1.54) is 5.56 Å². The summed E-state index contributed by atoms with van der Waals surface area (Å²) in [4.78, 5) is 11.2. The zero-order valence-corrected chi connectivity index (χ0v) is 11.4. The van der Waals surface area contributed by atoms with Gasteiger partial charge < -0.3 is 9.47 Å². The van der Waals surface area contributed by atoms with Crippen molar-refractivity contribution in [2.75, 3.05) is 13.2 Å². The highest BCUT2D eigenvalue weighted by molar-refractivity contribution is 5.69. The molecule has 0 aliphatic heterocycles. The Morgan fingerprint density at radius 1 is 1.28 bits per heavy atom. The molecule has 0 aliphatic rings. The molecule has 0 amide bonds. The van der Waals surface area contributed by atoms with Crippen LogP contribution in [0.2, 0.25) is 0 Å². The van der Waals surface area contributed by atoms with E-state index in [9.17, 15) is 4.79 Å². The van der Waals surface area contributed by atoms with Crippen LogP contribution in [0.25, 0.3) is 0 Å². The average Bonchev–Trinajstić information content (AvgIpc) is 2.39. The summed E-state index contributed by atoms with van der Waals surface area (Å²) in [7, 11) is 0. The monoisotopic (exact) mass is 250 g/mol. The second-order valence-electron chi connectivity index (χ2n) is 4.25. The summed E-state index contributed by atoms with van der Waals surface area (Å²) in [6.07, 6.45) is 1.36. The zero-order chi connectivity index (χ0) is 13.4. The molecule has 3 nitrogen and oxygen atoms in total. The van der Waals surface area contributed by atoms with Gasteiger partial charge in [0.2, 0.25) is 0 Å². The van der Waals surface area contributed by atoms with Gasteiger partial charge in [0, 0.05) is 0 Å². The Hall–Kier alpha value is -1.51. The minimum atomic E-state index is -0.210. The summed E-state index contributed by atoms with van der Waals surface area (Å²) >= 11 is 0. The second-order valence-corrected chi connectivity index (χ2v) is 4.25. The summed E-state index contributed by atoms with van der Waals surface area (Å²) in [6, 6.07) is 7.99. The van der Waals surface area contributed by atoms with Crippen LogP contribution in [0, 0.1) is 0 Å². The Kier molecular flexibility index (Phi) is 6.26. The standard InChI is InChI=1S/C15H22O3/c1-4-12(3)13-8-6-7-9-14(13)18-11-10-15(16)17-5-2/h6-9,12H,4-5,10-11H2,1-3H3. The van der Waals surface area contributed by atoms with Gasteiger partial charge >= 0.3 is 5.97 Å². The molecule has 0 aliphatic carbocycles. The van der Waals surface area contributed by atoms with Gasteiger partial charge in [-0.05, 0) is 30.9 Å². The van der Waals surface area contributed by atoms with E-state index in [1.807, 2.05) is 18.2 Å². The average molecular weight is 250 g/mol. The van der Waals surface area contributed by atoms with Gasteiger partial charge in [0.05, 0.1) is 19.6 Å². The molecule has 0 saturated carbocycles. The molecule has 0 spiro atoms. The molecule has 0 bridgehead atoms. The van der Waals surface area contributed by atoms with Crippen molar-refractivity contribution in [1.29, 1.82) is 0 Å². The maximum absolute atomic E-state index is 11.2. The minimum Gasteiger partial charge on any atom is -0.493 e. The van der Waals surface area contributed by atoms with Gasteiger partial charge in [0.25, 0.3) is 0 Å². The van der Waals surface area contributed by atoms with Crippen molar-refractivity contribution in [3.63, 3.8) is 0 Å². The fourth-order valence-corrected chi connectivity index (χ4v) is 1.72. The molecular formula is C15H22O3. The summed E-state index contributed by atoms with van der Waals surface area (Å²) < 4.78 is 10.5. The van der Waals surface area contributed by atoms with Gasteiger partial charge in [-0.15, -0.1) is 0 Å². The molecule has 1 rings (SSSR count). The summed E-state index contributed by atoms with van der Waals surface area (Å²) in [5.74, 6) is 1.12. The first-order chi connectivity index (χ1) is 8.69. The summed E-state index contributed by atoms with van der Waals surface area (Å²) in [5, 5.41) is 0. The van der Waals surface area contributed by atoms with Gasteiger partial charge in [-0.25, -0.2) is 0 Å². The highest BCUT2D eigenvalue weighted by Gasteiger charge is 2.10. The van der Waals surface area contributed by atoms with Gasteiger partial charge in [0.1, 0.15) is 5.75 Å². The number of rotatable bonds is 7. The smallest absolute Gasteiger partial charge is 0.309 e. The molecular weight excluding hydrogens is 228 g/mol. The van der Waals surface area contributed by atoms with Gasteiger partial charge in [-0.1, -0.05) is 32.0 Å². The summed E-state index contributed by atoms with van der Waals surface area (Å²) in [5.41, 5.74) is 1.20. The molecule has 0 fully saturated rings. The van der Waals surface area contributed by atoms with Crippen LogP contribution in [-0.2, 0) is 9.53 Å². The number of hydrogen-bond acceptors (Lipinski definition) is 3. The van der Waals surface area contributed by atoms with Crippen molar-refractivity contribution < 1.29 is 14.3 Å². The SMILES string of the molecule is CCOC(=O)CCOc1ccccc1C(C)CC. The molecule has 0 heterocycles. The van der Waals surface area contributed by atoms with Gasteiger partial charge in [0.15, 0.2) is 0 Å². The van der Waals surface area contributed by atoms with E-state index in [0.29, 0.717) is 25.6 Å². The second kappa shape index (κ2) is 7.75. The van der Waals surface area contributed by atoms with Gasteiger partial charge in [-0.3, -0.25) is 4.79 Å². The van der Waals surface area contributed by atoms with Crippen molar-refractivity contribution in [2.24, 2.45) is 0 Å². The maximum Gasteiger partial charge on any atom is 0.309 e. The largest absolute Gasteiger partial charge is 0.493 e. The highest BCUT2D eigenvalue weighted by atomic mass is 16.5. The molecule has 18 heavy (non-hydrogen) atoms. The van der Waals surface area contributed by atoms with E-state index in [4.69, 9.17) is 9.47 Å². The Balaban J connectivity index is 2.54. The number of esters is 1. The normalized spacial score (nSPS) is 11.9. The van der Waals surface area contributed by atoms with Crippen LogP contribution >= 0.6 is 0 Å².